The first-order valence-electron chi connectivity index (χ1n) is 9.89. The second kappa shape index (κ2) is 11.4. The first-order valence-corrected chi connectivity index (χ1v) is 12.3. The average molecular weight is 452 g/mol. The molecule has 2 aromatic carbocycles. The Morgan fingerprint density at radius 3 is 2.47 bits per heavy atom. The molecule has 6 nitrogen and oxygen atoms in total. The molecule has 0 saturated heterocycles. The summed E-state index contributed by atoms with van der Waals surface area (Å²) in [5.74, 6) is 0.323. The van der Waals surface area contributed by atoms with Gasteiger partial charge in [-0.1, -0.05) is 25.1 Å². The Morgan fingerprint density at radius 1 is 1.10 bits per heavy atom. The molecule has 0 atom stereocenters. The highest BCUT2D eigenvalue weighted by molar-refractivity contribution is 7.99. The van der Waals surface area contributed by atoms with Gasteiger partial charge in [0.2, 0.25) is 10.0 Å². The second-order valence-corrected chi connectivity index (χ2v) is 10.1. The smallest absolute Gasteiger partial charge is 0.341 e. The van der Waals surface area contributed by atoms with Crippen molar-refractivity contribution in [3.63, 3.8) is 0 Å². The molecule has 0 aliphatic rings. The van der Waals surface area contributed by atoms with Crippen LogP contribution in [0.1, 0.15) is 30.9 Å². The number of aryl methyl sites for hydroxylation is 2. The number of carboxylic acids is 1. The molecule has 30 heavy (non-hydrogen) atoms. The van der Waals surface area contributed by atoms with Crippen LogP contribution in [0.5, 0.6) is 5.75 Å². The molecule has 0 aliphatic carbocycles. The van der Waals surface area contributed by atoms with Gasteiger partial charge in [-0.05, 0) is 67.8 Å². The Balaban J connectivity index is 1.94. The van der Waals surface area contributed by atoms with E-state index in [0.717, 1.165) is 34.6 Å². The summed E-state index contributed by atoms with van der Waals surface area (Å²) in [6.45, 7) is 6.27. The normalized spacial score (nSPS) is 11.6. The average Bonchev–Trinajstić information content (AvgIpc) is 2.69. The SMILES string of the molecule is CCCN(CCCSc1ccc(OCC(=O)O)c(C)c1)S(=O)(=O)c1ccccc1C. The molecule has 0 radical (unpaired) electrons. The Hall–Kier alpha value is -2.03. The maximum Gasteiger partial charge on any atom is 0.341 e. The molecule has 0 saturated carbocycles. The number of carboxylic acid groups (broad SMARTS) is 1. The lowest BCUT2D eigenvalue weighted by Crippen LogP contribution is -2.33. The minimum absolute atomic E-state index is 0.365. The molecule has 2 aromatic rings. The zero-order valence-corrected chi connectivity index (χ0v) is 19.3. The van der Waals surface area contributed by atoms with E-state index in [4.69, 9.17) is 9.84 Å². The van der Waals surface area contributed by atoms with Gasteiger partial charge in [0.15, 0.2) is 6.61 Å². The lowest BCUT2D eigenvalue weighted by atomic mass is 10.2. The van der Waals surface area contributed by atoms with Gasteiger partial charge in [0, 0.05) is 18.0 Å². The Bertz CT molecular complexity index is 960. The molecular weight excluding hydrogens is 422 g/mol. The lowest BCUT2D eigenvalue weighted by Gasteiger charge is -2.22. The van der Waals surface area contributed by atoms with Crippen molar-refractivity contribution in [3.05, 3.63) is 53.6 Å². The third-order valence-corrected chi connectivity index (χ3v) is 7.64. The van der Waals surface area contributed by atoms with Gasteiger partial charge in [-0.25, -0.2) is 13.2 Å². The van der Waals surface area contributed by atoms with Gasteiger partial charge in [0.25, 0.3) is 0 Å². The molecule has 0 bridgehead atoms. The number of aliphatic carboxylic acids is 1. The van der Waals surface area contributed by atoms with Crippen LogP contribution >= 0.6 is 11.8 Å². The maximum absolute atomic E-state index is 13.1. The number of ether oxygens (including phenoxy) is 1. The van der Waals surface area contributed by atoms with E-state index >= 15 is 0 Å². The van der Waals surface area contributed by atoms with Crippen molar-refractivity contribution in [2.24, 2.45) is 0 Å². The van der Waals surface area contributed by atoms with E-state index in [0.29, 0.717) is 23.7 Å². The fourth-order valence-electron chi connectivity index (χ4n) is 3.03. The van der Waals surface area contributed by atoms with Crippen LogP contribution in [0.4, 0.5) is 0 Å². The molecule has 0 amide bonds. The number of hydrogen-bond donors (Lipinski definition) is 1. The number of sulfonamides is 1. The molecule has 0 spiro atoms. The molecule has 0 aliphatic heterocycles. The van der Waals surface area contributed by atoms with Gasteiger partial charge >= 0.3 is 5.97 Å². The zero-order valence-electron chi connectivity index (χ0n) is 17.6. The number of hydrogen-bond acceptors (Lipinski definition) is 5. The standard InChI is InChI=1S/C22H29NO5S2/c1-4-12-23(30(26,27)21-9-6-5-8-17(21)2)13-7-14-29-19-10-11-20(18(3)15-19)28-16-22(24)25/h5-6,8-11,15H,4,7,12-14,16H2,1-3H3,(H,24,25). The molecule has 0 fully saturated rings. The summed E-state index contributed by atoms with van der Waals surface area (Å²) in [5, 5.41) is 8.72. The van der Waals surface area contributed by atoms with E-state index in [-0.39, 0.29) is 6.61 Å². The molecule has 0 unspecified atom stereocenters. The van der Waals surface area contributed by atoms with E-state index in [1.165, 1.54) is 0 Å². The fraction of sp³-hybridized carbons (Fsp3) is 0.409. The molecule has 2 rings (SSSR count). The van der Waals surface area contributed by atoms with Crippen molar-refractivity contribution < 1.29 is 23.1 Å². The summed E-state index contributed by atoms with van der Waals surface area (Å²) in [6.07, 6.45) is 1.49. The predicted molar refractivity (Wildman–Crippen MR) is 120 cm³/mol. The van der Waals surface area contributed by atoms with Crippen LogP contribution < -0.4 is 4.74 Å². The van der Waals surface area contributed by atoms with Gasteiger partial charge in [-0.2, -0.15) is 4.31 Å². The van der Waals surface area contributed by atoms with Gasteiger partial charge in [-0.3, -0.25) is 0 Å². The van der Waals surface area contributed by atoms with E-state index in [1.807, 2.05) is 45.0 Å². The van der Waals surface area contributed by atoms with Gasteiger partial charge < -0.3 is 9.84 Å². The summed E-state index contributed by atoms with van der Waals surface area (Å²) >= 11 is 1.64. The van der Waals surface area contributed by atoms with E-state index in [1.54, 1.807) is 34.3 Å². The topological polar surface area (TPSA) is 83.9 Å². The first kappa shape index (κ1) is 24.2. The summed E-state index contributed by atoms with van der Waals surface area (Å²) in [7, 11) is -3.51. The van der Waals surface area contributed by atoms with Crippen LogP contribution in [-0.4, -0.2) is 49.2 Å². The number of benzene rings is 2. The number of nitrogens with zero attached hydrogens (tertiary/aromatic N) is 1. The summed E-state index contributed by atoms with van der Waals surface area (Å²) < 4.78 is 32.9. The highest BCUT2D eigenvalue weighted by Gasteiger charge is 2.24. The van der Waals surface area contributed by atoms with Gasteiger partial charge in [0.1, 0.15) is 5.75 Å². The van der Waals surface area contributed by atoms with Crippen molar-refractivity contribution in [1.29, 1.82) is 0 Å². The monoisotopic (exact) mass is 451 g/mol. The Labute approximate surface area is 183 Å². The van der Waals surface area contributed by atoms with Crippen molar-refractivity contribution in [1.82, 2.24) is 4.31 Å². The van der Waals surface area contributed by atoms with Crippen molar-refractivity contribution in [2.45, 2.75) is 43.4 Å². The molecule has 164 valence electrons. The molecule has 0 heterocycles. The summed E-state index contributed by atoms with van der Waals surface area (Å²) in [6, 6.07) is 12.7. The van der Waals surface area contributed by atoms with Crippen molar-refractivity contribution in [3.8, 4) is 5.75 Å². The van der Waals surface area contributed by atoms with Crippen LogP contribution in [0.2, 0.25) is 0 Å². The number of thioether (sulfide) groups is 1. The van der Waals surface area contributed by atoms with Crippen LogP contribution in [0.15, 0.2) is 52.3 Å². The quantitative estimate of drug-likeness (QED) is 0.382. The summed E-state index contributed by atoms with van der Waals surface area (Å²) in [5.41, 5.74) is 1.63. The third kappa shape index (κ3) is 6.75. The molecule has 0 aromatic heterocycles. The first-order chi connectivity index (χ1) is 14.3. The highest BCUT2D eigenvalue weighted by Crippen LogP contribution is 2.27. The number of carbonyl (C=O) groups is 1. The number of rotatable bonds is 12. The van der Waals surface area contributed by atoms with Crippen LogP contribution in [-0.2, 0) is 14.8 Å². The molecule has 8 heteroatoms. The molecular formula is C22H29NO5S2. The van der Waals surface area contributed by atoms with Crippen molar-refractivity contribution >= 4 is 27.8 Å². The largest absolute Gasteiger partial charge is 0.482 e. The fourth-order valence-corrected chi connectivity index (χ4v) is 5.76. The van der Waals surface area contributed by atoms with Gasteiger partial charge in [0.05, 0.1) is 4.90 Å². The van der Waals surface area contributed by atoms with Crippen LogP contribution in [0.3, 0.4) is 0 Å². The Morgan fingerprint density at radius 2 is 1.83 bits per heavy atom. The third-order valence-electron chi connectivity index (χ3n) is 4.50. The minimum Gasteiger partial charge on any atom is -0.482 e. The highest BCUT2D eigenvalue weighted by atomic mass is 32.2. The maximum atomic E-state index is 13.1. The predicted octanol–water partition coefficient (Wildman–Crippen LogP) is 4.35. The van der Waals surface area contributed by atoms with Crippen LogP contribution in [0, 0.1) is 13.8 Å². The van der Waals surface area contributed by atoms with E-state index in [2.05, 4.69) is 0 Å². The van der Waals surface area contributed by atoms with Crippen LogP contribution in [0.25, 0.3) is 0 Å². The zero-order chi connectivity index (χ0) is 22.1. The second-order valence-electron chi connectivity index (χ2n) is 6.98. The van der Waals surface area contributed by atoms with Gasteiger partial charge in [-0.15, -0.1) is 11.8 Å². The van der Waals surface area contributed by atoms with Crippen molar-refractivity contribution in [2.75, 3.05) is 25.4 Å². The Kier molecular flexibility index (Phi) is 9.20. The minimum atomic E-state index is -3.51. The molecule has 1 N–H and O–H groups in total. The lowest BCUT2D eigenvalue weighted by molar-refractivity contribution is -0.139. The summed E-state index contributed by atoms with van der Waals surface area (Å²) in [4.78, 5) is 12.0. The van der Waals surface area contributed by atoms with E-state index in [9.17, 15) is 13.2 Å². The van der Waals surface area contributed by atoms with E-state index < -0.39 is 16.0 Å².